The molecule has 0 radical (unpaired) electrons. The summed E-state index contributed by atoms with van der Waals surface area (Å²) in [6, 6.07) is 0. The quantitative estimate of drug-likeness (QED) is 0.725. The third-order valence-electron chi connectivity index (χ3n) is 2.82. The van der Waals surface area contributed by atoms with Gasteiger partial charge in [-0.1, -0.05) is 36.7 Å². The Morgan fingerprint density at radius 3 is 2.33 bits per heavy atom. The second kappa shape index (κ2) is 4.86. The minimum Gasteiger partial charge on any atom is -0.345 e. The fraction of sp³-hybridized carbons (Fsp3) is 0.917. The number of carbonyl (C=O) groups excluding carboxylic acids is 1. The van der Waals surface area contributed by atoms with Crippen LogP contribution in [0.3, 0.4) is 0 Å². The summed E-state index contributed by atoms with van der Waals surface area (Å²) < 4.78 is 0. The number of carbonyl (C=O) groups is 1. The van der Waals surface area contributed by atoms with Crippen molar-refractivity contribution in [2.45, 2.75) is 44.9 Å². The zero-order chi connectivity index (χ0) is 11.6. The molecule has 1 rings (SSSR count). The lowest BCUT2D eigenvalue weighted by Gasteiger charge is -2.35. The lowest BCUT2D eigenvalue weighted by Crippen LogP contribution is -2.38. The molecule has 88 valence electrons. The summed E-state index contributed by atoms with van der Waals surface area (Å²) in [5, 5.41) is 0. The molecule has 1 fully saturated rings. The first-order valence-corrected chi connectivity index (χ1v) is 6.57. The van der Waals surface area contributed by atoms with Crippen LogP contribution in [0.2, 0.25) is 0 Å². The second-order valence-electron chi connectivity index (χ2n) is 5.95. The van der Waals surface area contributed by atoms with Crippen LogP contribution < -0.4 is 0 Å². The van der Waals surface area contributed by atoms with Crippen molar-refractivity contribution in [1.82, 2.24) is 4.90 Å². The third kappa shape index (κ3) is 4.54. The molecule has 0 spiro atoms. The van der Waals surface area contributed by atoms with Gasteiger partial charge in [-0.25, -0.2) is 0 Å². The Kier molecular flexibility index (Phi) is 4.21. The molecule has 0 unspecified atom stereocenters. The summed E-state index contributed by atoms with van der Waals surface area (Å²) in [6.07, 6.45) is 3.08. The number of halogens is 1. The van der Waals surface area contributed by atoms with Crippen LogP contribution >= 0.6 is 15.9 Å². The smallest absolute Gasteiger partial charge is 0.222 e. The number of hydrogen-bond acceptors (Lipinski definition) is 1. The van der Waals surface area contributed by atoms with Crippen LogP contribution in [0, 0.1) is 11.3 Å². The topological polar surface area (TPSA) is 20.3 Å². The van der Waals surface area contributed by atoms with Crippen LogP contribution in [-0.2, 0) is 4.79 Å². The summed E-state index contributed by atoms with van der Waals surface area (Å²) >= 11 is 3.57. The maximum Gasteiger partial charge on any atom is 0.222 e. The molecule has 1 aliphatic carbocycles. The first-order valence-electron chi connectivity index (χ1n) is 5.66. The van der Waals surface area contributed by atoms with Gasteiger partial charge in [-0.15, -0.1) is 0 Å². The van der Waals surface area contributed by atoms with E-state index in [0.29, 0.717) is 17.2 Å². The van der Waals surface area contributed by atoms with E-state index in [0.717, 1.165) is 6.54 Å². The van der Waals surface area contributed by atoms with Crippen LogP contribution in [0.1, 0.15) is 40.0 Å². The molecule has 3 heteroatoms. The van der Waals surface area contributed by atoms with E-state index in [2.05, 4.69) is 36.7 Å². The SMILES string of the molecule is CN(CC1CC(Br)C1)C(=O)CC(C)(C)C. The predicted molar refractivity (Wildman–Crippen MR) is 67.1 cm³/mol. The Labute approximate surface area is 102 Å². The average molecular weight is 276 g/mol. The van der Waals surface area contributed by atoms with Gasteiger partial charge in [-0.05, 0) is 24.2 Å². The van der Waals surface area contributed by atoms with E-state index in [1.165, 1.54) is 12.8 Å². The van der Waals surface area contributed by atoms with Gasteiger partial charge in [0.05, 0.1) is 0 Å². The summed E-state index contributed by atoms with van der Waals surface area (Å²) in [5.41, 5.74) is 0.100. The first kappa shape index (κ1) is 13.0. The average Bonchev–Trinajstić information content (AvgIpc) is 1.98. The van der Waals surface area contributed by atoms with Crippen LogP contribution in [-0.4, -0.2) is 29.2 Å². The second-order valence-corrected chi connectivity index (χ2v) is 7.24. The summed E-state index contributed by atoms with van der Waals surface area (Å²) in [5.74, 6) is 0.990. The van der Waals surface area contributed by atoms with E-state index in [1.54, 1.807) is 0 Å². The molecule has 1 aliphatic rings. The molecule has 0 bridgehead atoms. The molecule has 0 N–H and O–H groups in total. The number of hydrogen-bond donors (Lipinski definition) is 0. The highest BCUT2D eigenvalue weighted by Crippen LogP contribution is 2.33. The van der Waals surface area contributed by atoms with Crippen LogP contribution in [0.4, 0.5) is 0 Å². The standard InChI is InChI=1S/C12H22BrNO/c1-12(2,3)7-11(15)14(4)8-9-5-10(13)6-9/h9-10H,5-8H2,1-4H3. The number of amides is 1. The zero-order valence-electron chi connectivity index (χ0n) is 10.2. The molecule has 2 nitrogen and oxygen atoms in total. The monoisotopic (exact) mass is 275 g/mol. The molecular formula is C12H22BrNO. The Morgan fingerprint density at radius 1 is 1.40 bits per heavy atom. The van der Waals surface area contributed by atoms with Crippen molar-refractivity contribution in [3.05, 3.63) is 0 Å². The fourth-order valence-corrected chi connectivity index (χ4v) is 2.94. The van der Waals surface area contributed by atoms with Crippen LogP contribution in [0.5, 0.6) is 0 Å². The molecule has 1 amide bonds. The fourth-order valence-electron chi connectivity index (χ4n) is 1.88. The van der Waals surface area contributed by atoms with Gasteiger partial charge in [0.15, 0.2) is 0 Å². The van der Waals surface area contributed by atoms with E-state index < -0.39 is 0 Å². The van der Waals surface area contributed by atoms with E-state index in [1.807, 2.05) is 11.9 Å². The minimum atomic E-state index is 0.100. The minimum absolute atomic E-state index is 0.100. The Hall–Kier alpha value is -0.0500. The Balaban J connectivity index is 2.27. The van der Waals surface area contributed by atoms with Crippen molar-refractivity contribution in [1.29, 1.82) is 0 Å². The van der Waals surface area contributed by atoms with Gasteiger partial charge < -0.3 is 4.90 Å². The predicted octanol–water partition coefficient (Wildman–Crippen LogP) is 3.05. The Bertz CT molecular complexity index is 228. The van der Waals surface area contributed by atoms with E-state index in [-0.39, 0.29) is 11.3 Å². The van der Waals surface area contributed by atoms with Crippen molar-refractivity contribution < 1.29 is 4.79 Å². The molecule has 0 saturated heterocycles. The van der Waals surface area contributed by atoms with Crippen molar-refractivity contribution in [2.75, 3.05) is 13.6 Å². The highest BCUT2D eigenvalue weighted by molar-refractivity contribution is 9.09. The van der Waals surface area contributed by atoms with Gasteiger partial charge in [0.25, 0.3) is 0 Å². The molecule has 1 saturated carbocycles. The van der Waals surface area contributed by atoms with Crippen molar-refractivity contribution in [3.63, 3.8) is 0 Å². The van der Waals surface area contributed by atoms with Gasteiger partial charge in [0.2, 0.25) is 5.91 Å². The lowest BCUT2D eigenvalue weighted by molar-refractivity contribution is -0.132. The van der Waals surface area contributed by atoms with E-state index in [4.69, 9.17) is 0 Å². The lowest BCUT2D eigenvalue weighted by atomic mass is 9.84. The molecular weight excluding hydrogens is 254 g/mol. The van der Waals surface area contributed by atoms with E-state index in [9.17, 15) is 4.79 Å². The molecule has 0 aliphatic heterocycles. The first-order chi connectivity index (χ1) is 6.78. The van der Waals surface area contributed by atoms with Gasteiger partial charge in [-0.2, -0.15) is 0 Å². The molecule has 0 aromatic heterocycles. The van der Waals surface area contributed by atoms with Crippen molar-refractivity contribution >= 4 is 21.8 Å². The van der Waals surface area contributed by atoms with Crippen molar-refractivity contribution in [3.8, 4) is 0 Å². The molecule has 0 atom stereocenters. The van der Waals surface area contributed by atoms with Gasteiger partial charge in [-0.3, -0.25) is 4.79 Å². The largest absolute Gasteiger partial charge is 0.345 e. The summed E-state index contributed by atoms with van der Waals surface area (Å²) in [7, 11) is 1.93. The normalized spacial score (nSPS) is 25.9. The number of nitrogens with zero attached hydrogens (tertiary/aromatic N) is 1. The third-order valence-corrected chi connectivity index (χ3v) is 3.57. The van der Waals surface area contributed by atoms with Gasteiger partial charge >= 0.3 is 0 Å². The Morgan fingerprint density at radius 2 is 1.93 bits per heavy atom. The zero-order valence-corrected chi connectivity index (χ0v) is 11.8. The van der Waals surface area contributed by atoms with Crippen LogP contribution in [0.15, 0.2) is 0 Å². The van der Waals surface area contributed by atoms with Gasteiger partial charge in [0.1, 0.15) is 0 Å². The maximum atomic E-state index is 11.8. The maximum absolute atomic E-state index is 11.8. The highest BCUT2D eigenvalue weighted by atomic mass is 79.9. The van der Waals surface area contributed by atoms with Gasteiger partial charge in [0, 0.05) is 24.8 Å². The molecule has 0 heterocycles. The van der Waals surface area contributed by atoms with E-state index >= 15 is 0 Å². The molecule has 0 aromatic rings. The van der Waals surface area contributed by atoms with Crippen LogP contribution in [0.25, 0.3) is 0 Å². The van der Waals surface area contributed by atoms with Crippen molar-refractivity contribution in [2.24, 2.45) is 11.3 Å². The number of alkyl halides is 1. The highest BCUT2D eigenvalue weighted by Gasteiger charge is 2.29. The number of rotatable bonds is 3. The molecule has 15 heavy (non-hydrogen) atoms. The summed E-state index contributed by atoms with van der Waals surface area (Å²) in [6.45, 7) is 7.25. The molecule has 0 aromatic carbocycles. The summed E-state index contributed by atoms with van der Waals surface area (Å²) in [4.78, 5) is 14.4.